The number of ether oxygens (including phenoxy) is 1. The van der Waals surface area contributed by atoms with Gasteiger partial charge in [0.05, 0.1) is 7.11 Å². The molecule has 0 radical (unpaired) electrons. The molecule has 0 atom stereocenters. The summed E-state index contributed by atoms with van der Waals surface area (Å²) in [5.41, 5.74) is 7.30. The van der Waals surface area contributed by atoms with Crippen molar-refractivity contribution in [2.24, 2.45) is 0 Å². The van der Waals surface area contributed by atoms with Crippen LogP contribution >= 0.6 is 11.5 Å². The highest BCUT2D eigenvalue weighted by molar-refractivity contribution is 7.10. The molecule has 14 heavy (non-hydrogen) atoms. The number of methoxy groups -OCH3 is 1. The van der Waals surface area contributed by atoms with E-state index < -0.39 is 0 Å². The highest BCUT2D eigenvalue weighted by Gasteiger charge is 2.11. The van der Waals surface area contributed by atoms with Crippen LogP contribution in [0.3, 0.4) is 0 Å². The molecular formula is C9H9N3OS. The van der Waals surface area contributed by atoms with Gasteiger partial charge in [-0.2, -0.15) is 0 Å². The van der Waals surface area contributed by atoms with E-state index >= 15 is 0 Å². The lowest BCUT2D eigenvalue weighted by Gasteiger charge is -2.04. The molecule has 1 aromatic heterocycles. The van der Waals surface area contributed by atoms with Gasteiger partial charge in [-0.05, 0) is 12.1 Å². The molecule has 0 saturated carbocycles. The van der Waals surface area contributed by atoms with Crippen LogP contribution in [0.2, 0.25) is 0 Å². The van der Waals surface area contributed by atoms with E-state index in [4.69, 9.17) is 10.5 Å². The lowest BCUT2D eigenvalue weighted by atomic mass is 10.1. The molecule has 5 heteroatoms. The molecule has 0 unspecified atom stereocenters. The maximum Gasteiger partial charge on any atom is 0.135 e. The Morgan fingerprint density at radius 3 is 2.79 bits per heavy atom. The second kappa shape index (κ2) is 3.63. The van der Waals surface area contributed by atoms with Crippen molar-refractivity contribution in [3.8, 4) is 17.0 Å². The second-order valence-electron chi connectivity index (χ2n) is 2.69. The van der Waals surface area contributed by atoms with Crippen molar-refractivity contribution in [2.75, 3.05) is 12.8 Å². The molecule has 0 spiro atoms. The van der Waals surface area contributed by atoms with E-state index in [9.17, 15) is 0 Å². The highest BCUT2D eigenvalue weighted by atomic mass is 32.1. The largest absolute Gasteiger partial charge is 0.496 e. The van der Waals surface area contributed by atoms with Crippen LogP contribution in [0.15, 0.2) is 24.3 Å². The fourth-order valence-corrected chi connectivity index (χ4v) is 1.67. The SMILES string of the molecule is COc1ccccc1-c1nnsc1N. The van der Waals surface area contributed by atoms with Gasteiger partial charge < -0.3 is 10.5 Å². The molecule has 1 aromatic carbocycles. The van der Waals surface area contributed by atoms with Crippen molar-refractivity contribution in [2.45, 2.75) is 0 Å². The molecule has 4 nitrogen and oxygen atoms in total. The number of benzene rings is 1. The molecule has 0 amide bonds. The maximum absolute atomic E-state index is 5.73. The van der Waals surface area contributed by atoms with Crippen LogP contribution in [-0.4, -0.2) is 16.7 Å². The first-order valence-corrected chi connectivity index (χ1v) is 4.81. The fraction of sp³-hybridized carbons (Fsp3) is 0.111. The molecule has 2 aromatic rings. The average molecular weight is 207 g/mol. The number of nitrogen functional groups attached to an aromatic ring is 1. The van der Waals surface area contributed by atoms with Gasteiger partial charge in [0.2, 0.25) is 0 Å². The van der Waals surface area contributed by atoms with E-state index in [1.54, 1.807) is 7.11 Å². The molecule has 1 heterocycles. The number of hydrogen-bond donors (Lipinski definition) is 1. The van der Waals surface area contributed by atoms with Gasteiger partial charge in [-0.1, -0.05) is 16.6 Å². The maximum atomic E-state index is 5.73. The average Bonchev–Trinajstić information content (AvgIpc) is 2.64. The Kier molecular flexibility index (Phi) is 2.32. The first kappa shape index (κ1) is 8.96. The summed E-state index contributed by atoms with van der Waals surface area (Å²) in [7, 11) is 1.62. The number of rotatable bonds is 2. The number of hydrogen-bond acceptors (Lipinski definition) is 5. The predicted molar refractivity (Wildman–Crippen MR) is 56.3 cm³/mol. The van der Waals surface area contributed by atoms with Crippen LogP contribution < -0.4 is 10.5 Å². The Bertz CT molecular complexity index is 441. The van der Waals surface area contributed by atoms with Crippen molar-refractivity contribution in [1.82, 2.24) is 9.59 Å². The van der Waals surface area contributed by atoms with Crippen molar-refractivity contribution >= 4 is 16.5 Å². The Labute approximate surface area is 85.5 Å². The highest BCUT2D eigenvalue weighted by Crippen LogP contribution is 2.32. The van der Waals surface area contributed by atoms with Crippen LogP contribution in [0, 0.1) is 0 Å². The molecule has 2 rings (SSSR count). The van der Waals surface area contributed by atoms with E-state index in [1.165, 1.54) is 11.5 Å². The van der Waals surface area contributed by atoms with Crippen LogP contribution in [0.25, 0.3) is 11.3 Å². The first-order chi connectivity index (χ1) is 6.83. The minimum atomic E-state index is 0.606. The summed E-state index contributed by atoms with van der Waals surface area (Å²) < 4.78 is 8.99. The Morgan fingerprint density at radius 1 is 1.36 bits per heavy atom. The summed E-state index contributed by atoms with van der Waals surface area (Å²) >= 11 is 1.18. The molecule has 0 aliphatic carbocycles. The number of nitrogens with zero attached hydrogens (tertiary/aromatic N) is 2. The number of para-hydroxylation sites is 1. The summed E-state index contributed by atoms with van der Waals surface area (Å²) in [5.74, 6) is 0.756. The molecule has 0 aliphatic heterocycles. The van der Waals surface area contributed by atoms with Gasteiger partial charge >= 0.3 is 0 Å². The minimum Gasteiger partial charge on any atom is -0.496 e. The Hall–Kier alpha value is -1.62. The molecular weight excluding hydrogens is 198 g/mol. The lowest BCUT2D eigenvalue weighted by Crippen LogP contribution is -1.90. The molecule has 0 bridgehead atoms. The number of anilines is 1. The van der Waals surface area contributed by atoms with Crippen LogP contribution in [0.5, 0.6) is 5.75 Å². The second-order valence-corrected chi connectivity index (χ2v) is 3.47. The quantitative estimate of drug-likeness (QED) is 0.815. The van der Waals surface area contributed by atoms with Crippen molar-refractivity contribution in [3.63, 3.8) is 0 Å². The molecule has 2 N–H and O–H groups in total. The molecule has 0 fully saturated rings. The van der Waals surface area contributed by atoms with E-state index in [0.717, 1.165) is 11.3 Å². The summed E-state index contributed by atoms with van der Waals surface area (Å²) in [4.78, 5) is 0. The first-order valence-electron chi connectivity index (χ1n) is 4.04. The third-order valence-corrected chi connectivity index (χ3v) is 2.43. The summed E-state index contributed by atoms with van der Waals surface area (Å²) in [6.45, 7) is 0. The molecule has 0 saturated heterocycles. The van der Waals surface area contributed by atoms with E-state index in [1.807, 2.05) is 24.3 Å². The Balaban J connectivity index is 2.56. The standard InChI is InChI=1S/C9H9N3OS/c1-13-7-5-3-2-4-6(7)8-9(10)14-12-11-8/h2-5H,10H2,1H3. The summed E-state index contributed by atoms with van der Waals surface area (Å²) in [6, 6.07) is 7.59. The number of nitrogens with two attached hydrogens (primary N) is 1. The van der Waals surface area contributed by atoms with E-state index in [-0.39, 0.29) is 0 Å². The van der Waals surface area contributed by atoms with E-state index in [0.29, 0.717) is 10.7 Å². The summed E-state index contributed by atoms with van der Waals surface area (Å²) in [6.07, 6.45) is 0. The van der Waals surface area contributed by atoms with Gasteiger partial charge in [-0.15, -0.1) is 5.10 Å². The van der Waals surface area contributed by atoms with Crippen LogP contribution in [-0.2, 0) is 0 Å². The Morgan fingerprint density at radius 2 is 2.14 bits per heavy atom. The summed E-state index contributed by atoms with van der Waals surface area (Å²) in [5, 5.41) is 4.56. The molecule has 0 aliphatic rings. The van der Waals surface area contributed by atoms with Crippen LogP contribution in [0.1, 0.15) is 0 Å². The third kappa shape index (κ3) is 1.42. The third-order valence-electron chi connectivity index (χ3n) is 1.88. The van der Waals surface area contributed by atoms with Crippen LogP contribution in [0.4, 0.5) is 5.00 Å². The molecule has 72 valence electrons. The zero-order valence-electron chi connectivity index (χ0n) is 7.60. The topological polar surface area (TPSA) is 61.0 Å². The van der Waals surface area contributed by atoms with Crippen molar-refractivity contribution in [1.29, 1.82) is 0 Å². The monoisotopic (exact) mass is 207 g/mol. The van der Waals surface area contributed by atoms with Gasteiger partial charge in [0.1, 0.15) is 16.4 Å². The van der Waals surface area contributed by atoms with Crippen molar-refractivity contribution < 1.29 is 4.74 Å². The van der Waals surface area contributed by atoms with Gasteiger partial charge in [0.25, 0.3) is 0 Å². The zero-order chi connectivity index (χ0) is 9.97. The van der Waals surface area contributed by atoms with Gasteiger partial charge in [-0.25, -0.2) is 0 Å². The predicted octanol–water partition coefficient (Wildman–Crippen LogP) is 1.80. The van der Waals surface area contributed by atoms with Gasteiger partial charge in [-0.3, -0.25) is 0 Å². The fourth-order valence-electron chi connectivity index (χ4n) is 1.22. The van der Waals surface area contributed by atoms with Gasteiger partial charge in [0, 0.05) is 17.1 Å². The van der Waals surface area contributed by atoms with Gasteiger partial charge in [0.15, 0.2) is 0 Å². The van der Waals surface area contributed by atoms with E-state index in [2.05, 4.69) is 9.59 Å². The zero-order valence-corrected chi connectivity index (χ0v) is 8.41. The normalized spacial score (nSPS) is 10.1. The smallest absolute Gasteiger partial charge is 0.135 e. The van der Waals surface area contributed by atoms with Crippen molar-refractivity contribution in [3.05, 3.63) is 24.3 Å². The number of aromatic nitrogens is 2. The minimum absolute atomic E-state index is 0.606. The lowest BCUT2D eigenvalue weighted by molar-refractivity contribution is 0.416.